The number of hydrogen-bond donors (Lipinski definition) is 2. The smallest absolute Gasteiger partial charge is 0.255 e. The van der Waals surface area contributed by atoms with Crippen molar-refractivity contribution < 1.29 is 4.79 Å². The van der Waals surface area contributed by atoms with Crippen molar-refractivity contribution in [1.29, 1.82) is 0 Å². The molecule has 0 atom stereocenters. The van der Waals surface area contributed by atoms with Gasteiger partial charge in [-0.2, -0.15) is 0 Å². The van der Waals surface area contributed by atoms with Crippen molar-refractivity contribution in [2.24, 2.45) is 0 Å². The van der Waals surface area contributed by atoms with Gasteiger partial charge in [-0.3, -0.25) is 14.2 Å². The zero-order valence-corrected chi connectivity index (χ0v) is 12.3. The van der Waals surface area contributed by atoms with Gasteiger partial charge in [0.15, 0.2) is 0 Å². The Morgan fingerprint density at radius 1 is 1.29 bits per heavy atom. The molecule has 1 aromatic carbocycles. The predicted molar refractivity (Wildman–Crippen MR) is 82.2 cm³/mol. The quantitative estimate of drug-likeness (QED) is 0.892. The second-order valence-electron chi connectivity index (χ2n) is 5.05. The Labute approximate surface area is 122 Å². The summed E-state index contributed by atoms with van der Waals surface area (Å²) in [5.74, 6) is -0.280. The first-order valence-corrected chi connectivity index (χ1v) is 6.58. The Morgan fingerprint density at radius 2 is 2.00 bits per heavy atom. The van der Waals surface area contributed by atoms with E-state index in [4.69, 9.17) is 5.73 Å². The number of nitrogens with two attached hydrogens (primary N) is 1. The van der Waals surface area contributed by atoms with Crippen molar-refractivity contribution in [2.45, 2.75) is 27.3 Å². The molecule has 0 aliphatic carbocycles. The molecule has 1 aromatic heterocycles. The minimum absolute atomic E-state index is 0.0378. The van der Waals surface area contributed by atoms with Crippen LogP contribution in [0.3, 0.4) is 0 Å². The first-order chi connectivity index (χ1) is 9.86. The number of nitrogen functional groups attached to an aromatic ring is 1. The predicted octanol–water partition coefficient (Wildman–Crippen LogP) is 1.39. The van der Waals surface area contributed by atoms with Crippen molar-refractivity contribution in [3.63, 3.8) is 0 Å². The van der Waals surface area contributed by atoms with E-state index in [0.29, 0.717) is 5.69 Å². The molecule has 0 radical (unpaired) electrons. The highest BCUT2D eigenvalue weighted by atomic mass is 16.2. The lowest BCUT2D eigenvalue weighted by Gasteiger charge is -2.11. The van der Waals surface area contributed by atoms with Crippen LogP contribution in [0.1, 0.15) is 16.8 Å². The molecule has 0 saturated carbocycles. The van der Waals surface area contributed by atoms with Gasteiger partial charge in [-0.25, -0.2) is 4.98 Å². The zero-order chi connectivity index (χ0) is 15.6. The molecule has 2 rings (SSSR count). The van der Waals surface area contributed by atoms with E-state index >= 15 is 0 Å². The fraction of sp³-hybridized carbons (Fsp3) is 0.267. The van der Waals surface area contributed by atoms with E-state index in [-0.39, 0.29) is 24.0 Å². The molecule has 0 unspecified atom stereocenters. The van der Waals surface area contributed by atoms with Crippen molar-refractivity contribution in [3.05, 3.63) is 51.4 Å². The van der Waals surface area contributed by atoms with Crippen LogP contribution in [-0.2, 0) is 11.3 Å². The van der Waals surface area contributed by atoms with Crippen LogP contribution >= 0.6 is 0 Å². The van der Waals surface area contributed by atoms with Gasteiger partial charge in [-0.1, -0.05) is 17.7 Å². The molecule has 0 bridgehead atoms. The number of aromatic nitrogens is 2. The molecule has 6 nitrogen and oxygen atoms in total. The van der Waals surface area contributed by atoms with Crippen molar-refractivity contribution in [3.8, 4) is 0 Å². The minimum Gasteiger partial charge on any atom is -0.369 e. The lowest BCUT2D eigenvalue weighted by atomic mass is 10.1. The first-order valence-electron chi connectivity index (χ1n) is 6.58. The van der Waals surface area contributed by atoms with Gasteiger partial charge in [-0.15, -0.1) is 0 Å². The van der Waals surface area contributed by atoms with Crippen LogP contribution in [0, 0.1) is 20.8 Å². The van der Waals surface area contributed by atoms with Gasteiger partial charge in [0.1, 0.15) is 6.54 Å². The van der Waals surface area contributed by atoms with Gasteiger partial charge < -0.3 is 11.1 Å². The second-order valence-corrected chi connectivity index (χ2v) is 5.05. The molecule has 0 aliphatic heterocycles. The summed E-state index contributed by atoms with van der Waals surface area (Å²) in [5.41, 5.74) is 8.68. The number of anilines is 2. The van der Waals surface area contributed by atoms with Gasteiger partial charge in [0, 0.05) is 17.4 Å². The average molecular weight is 286 g/mol. The average Bonchev–Trinajstić information content (AvgIpc) is 2.37. The normalized spacial score (nSPS) is 10.4. The van der Waals surface area contributed by atoms with Gasteiger partial charge in [0.25, 0.3) is 5.56 Å². The summed E-state index contributed by atoms with van der Waals surface area (Å²) in [7, 11) is 0. The van der Waals surface area contributed by atoms with Gasteiger partial charge >= 0.3 is 0 Å². The molecule has 1 heterocycles. The molecule has 0 fully saturated rings. The van der Waals surface area contributed by atoms with Crippen LogP contribution in [0.25, 0.3) is 0 Å². The van der Waals surface area contributed by atoms with Crippen LogP contribution in [0.5, 0.6) is 0 Å². The van der Waals surface area contributed by atoms with E-state index in [2.05, 4.69) is 10.3 Å². The summed E-state index contributed by atoms with van der Waals surface area (Å²) in [6, 6.07) is 7.07. The van der Waals surface area contributed by atoms with Gasteiger partial charge in [0.2, 0.25) is 11.9 Å². The zero-order valence-electron chi connectivity index (χ0n) is 12.3. The molecule has 2 aromatic rings. The SMILES string of the molecule is Cc1ccc(NC(=O)Cn2c(N)nc(C)cc2=O)c(C)c1. The molecule has 110 valence electrons. The van der Waals surface area contributed by atoms with E-state index in [1.165, 1.54) is 6.07 Å². The number of rotatable bonds is 3. The molecular weight excluding hydrogens is 268 g/mol. The standard InChI is InChI=1S/C15H18N4O2/c1-9-4-5-12(10(2)6-9)18-13(20)8-19-14(21)7-11(3)17-15(19)16/h4-7H,8H2,1-3H3,(H2,16,17)(H,18,20). The second kappa shape index (κ2) is 5.78. The summed E-state index contributed by atoms with van der Waals surface area (Å²) in [5, 5.41) is 2.77. The maximum Gasteiger partial charge on any atom is 0.255 e. The van der Waals surface area contributed by atoms with Crippen LogP contribution in [0.2, 0.25) is 0 Å². The van der Waals surface area contributed by atoms with Crippen LogP contribution in [-0.4, -0.2) is 15.5 Å². The molecule has 0 spiro atoms. The number of benzene rings is 1. The summed E-state index contributed by atoms with van der Waals surface area (Å²) >= 11 is 0. The Bertz CT molecular complexity index is 750. The third-order valence-electron chi connectivity index (χ3n) is 3.12. The minimum atomic E-state index is -0.337. The van der Waals surface area contributed by atoms with E-state index in [9.17, 15) is 9.59 Å². The van der Waals surface area contributed by atoms with Crippen molar-refractivity contribution in [1.82, 2.24) is 9.55 Å². The molecule has 6 heteroatoms. The molecule has 21 heavy (non-hydrogen) atoms. The largest absolute Gasteiger partial charge is 0.369 e. The topological polar surface area (TPSA) is 90.0 Å². The summed E-state index contributed by atoms with van der Waals surface area (Å²) in [4.78, 5) is 27.9. The summed E-state index contributed by atoms with van der Waals surface area (Å²) < 4.78 is 1.14. The van der Waals surface area contributed by atoms with E-state index in [1.54, 1.807) is 6.92 Å². The lowest BCUT2D eigenvalue weighted by Crippen LogP contribution is -2.30. The Kier molecular flexibility index (Phi) is 4.07. The molecule has 3 N–H and O–H groups in total. The number of carbonyl (C=O) groups is 1. The maximum atomic E-state index is 12.1. The third-order valence-corrected chi connectivity index (χ3v) is 3.12. The summed E-state index contributed by atoms with van der Waals surface area (Å²) in [6.07, 6.45) is 0. The number of aryl methyl sites for hydroxylation is 3. The highest BCUT2D eigenvalue weighted by molar-refractivity contribution is 5.91. The maximum absolute atomic E-state index is 12.1. The molecular formula is C15H18N4O2. The highest BCUT2D eigenvalue weighted by Gasteiger charge is 2.10. The van der Waals surface area contributed by atoms with Crippen molar-refractivity contribution >= 4 is 17.5 Å². The van der Waals surface area contributed by atoms with Crippen LogP contribution < -0.4 is 16.6 Å². The van der Waals surface area contributed by atoms with E-state index in [1.807, 2.05) is 32.0 Å². The summed E-state index contributed by atoms with van der Waals surface area (Å²) in [6.45, 7) is 5.41. The van der Waals surface area contributed by atoms with E-state index < -0.39 is 0 Å². The number of nitrogens with zero attached hydrogens (tertiary/aromatic N) is 2. The molecule has 0 aliphatic rings. The van der Waals surface area contributed by atoms with Crippen LogP contribution in [0.15, 0.2) is 29.1 Å². The monoisotopic (exact) mass is 286 g/mol. The Morgan fingerprint density at radius 3 is 2.62 bits per heavy atom. The Balaban J connectivity index is 2.18. The number of nitrogens with one attached hydrogen (secondary N) is 1. The lowest BCUT2D eigenvalue weighted by molar-refractivity contribution is -0.116. The molecule has 0 saturated heterocycles. The Hall–Kier alpha value is -2.63. The van der Waals surface area contributed by atoms with Gasteiger partial charge in [0.05, 0.1) is 0 Å². The first kappa shape index (κ1) is 14.8. The fourth-order valence-electron chi connectivity index (χ4n) is 2.09. The third kappa shape index (κ3) is 3.47. The molecule has 1 amide bonds. The van der Waals surface area contributed by atoms with E-state index in [0.717, 1.165) is 21.4 Å². The number of carbonyl (C=O) groups excluding carboxylic acids is 1. The highest BCUT2D eigenvalue weighted by Crippen LogP contribution is 2.16. The number of amides is 1. The number of hydrogen-bond acceptors (Lipinski definition) is 4. The fourth-order valence-corrected chi connectivity index (χ4v) is 2.09. The van der Waals surface area contributed by atoms with Crippen molar-refractivity contribution in [2.75, 3.05) is 11.1 Å². The van der Waals surface area contributed by atoms with Gasteiger partial charge in [-0.05, 0) is 32.4 Å². The van der Waals surface area contributed by atoms with Crippen LogP contribution in [0.4, 0.5) is 11.6 Å².